The molecule has 2 rings (SSSR count). The number of aliphatic hydroxyl groups is 1. The lowest BCUT2D eigenvalue weighted by molar-refractivity contribution is -0.218. The van der Waals surface area contributed by atoms with E-state index in [1.165, 1.54) is 4.90 Å². The highest BCUT2D eigenvalue weighted by atomic mass is 19.4. The van der Waals surface area contributed by atoms with Gasteiger partial charge >= 0.3 is 6.18 Å². The van der Waals surface area contributed by atoms with Crippen molar-refractivity contribution in [2.24, 2.45) is 0 Å². The monoisotopic (exact) mass is 297 g/mol. The summed E-state index contributed by atoms with van der Waals surface area (Å²) in [6, 6.07) is -0.906. The summed E-state index contributed by atoms with van der Waals surface area (Å²) in [4.78, 5) is 1.30. The number of nitrogens with zero attached hydrogens (tertiary/aromatic N) is 1. The zero-order valence-corrected chi connectivity index (χ0v) is 11.8. The lowest BCUT2D eigenvalue weighted by Crippen LogP contribution is -2.57. The fourth-order valence-corrected chi connectivity index (χ4v) is 3.10. The van der Waals surface area contributed by atoms with Gasteiger partial charge in [0.2, 0.25) is 0 Å². The van der Waals surface area contributed by atoms with Gasteiger partial charge in [-0.15, -0.1) is 0 Å². The molecule has 0 amide bonds. The Morgan fingerprint density at radius 1 is 1.30 bits per heavy atom. The number of hydrogen-bond acceptors (Lipinski definition) is 4. The molecule has 7 heteroatoms. The van der Waals surface area contributed by atoms with E-state index in [4.69, 9.17) is 9.47 Å². The molecule has 2 aliphatic rings. The second-order valence-electron chi connectivity index (χ2n) is 5.87. The average Bonchev–Trinajstić information content (AvgIpc) is 2.77. The number of halogens is 3. The molecule has 1 aliphatic heterocycles. The van der Waals surface area contributed by atoms with Gasteiger partial charge in [0.05, 0.1) is 25.9 Å². The van der Waals surface area contributed by atoms with Gasteiger partial charge in [-0.05, 0) is 20.3 Å². The Bertz CT molecular complexity index is 329. The zero-order chi connectivity index (χ0) is 15.0. The average molecular weight is 297 g/mol. The van der Waals surface area contributed by atoms with Gasteiger partial charge in [-0.3, -0.25) is 4.90 Å². The summed E-state index contributed by atoms with van der Waals surface area (Å²) in [6.45, 7) is 3.31. The smallest absolute Gasteiger partial charge is 0.391 e. The number of ether oxygens (including phenoxy) is 2. The van der Waals surface area contributed by atoms with Gasteiger partial charge in [-0.2, -0.15) is 13.2 Å². The van der Waals surface area contributed by atoms with E-state index < -0.39 is 30.7 Å². The van der Waals surface area contributed by atoms with Gasteiger partial charge in [-0.25, -0.2) is 0 Å². The molecule has 1 N–H and O–H groups in total. The van der Waals surface area contributed by atoms with Gasteiger partial charge in [-0.1, -0.05) is 0 Å². The van der Waals surface area contributed by atoms with Crippen molar-refractivity contribution >= 4 is 0 Å². The highest BCUT2D eigenvalue weighted by molar-refractivity contribution is 4.94. The van der Waals surface area contributed by atoms with Crippen LogP contribution in [0.15, 0.2) is 0 Å². The van der Waals surface area contributed by atoms with Gasteiger partial charge in [0, 0.05) is 24.9 Å². The molecule has 0 aromatic rings. The van der Waals surface area contributed by atoms with Crippen LogP contribution in [0.4, 0.5) is 13.2 Å². The van der Waals surface area contributed by atoms with Crippen molar-refractivity contribution < 1.29 is 27.8 Å². The molecule has 1 spiro atoms. The maximum atomic E-state index is 12.7. The summed E-state index contributed by atoms with van der Waals surface area (Å²) in [5.74, 6) is -0.803. The summed E-state index contributed by atoms with van der Waals surface area (Å²) in [5, 5.41) is 10.1. The molecule has 0 bridgehead atoms. The van der Waals surface area contributed by atoms with Crippen LogP contribution >= 0.6 is 0 Å². The van der Waals surface area contributed by atoms with E-state index in [9.17, 15) is 18.3 Å². The zero-order valence-electron chi connectivity index (χ0n) is 11.8. The van der Waals surface area contributed by atoms with Crippen molar-refractivity contribution in [3.05, 3.63) is 0 Å². The van der Waals surface area contributed by atoms with E-state index in [2.05, 4.69) is 0 Å². The first kappa shape index (κ1) is 16.0. The molecule has 2 unspecified atom stereocenters. The Hall–Kier alpha value is -0.370. The second-order valence-corrected chi connectivity index (χ2v) is 5.87. The first-order valence-corrected chi connectivity index (χ1v) is 7.01. The maximum Gasteiger partial charge on any atom is 0.401 e. The third-order valence-electron chi connectivity index (χ3n) is 4.05. The molecular weight excluding hydrogens is 275 g/mol. The molecule has 4 nitrogen and oxygen atoms in total. The fourth-order valence-electron chi connectivity index (χ4n) is 3.10. The van der Waals surface area contributed by atoms with Crippen LogP contribution < -0.4 is 0 Å². The highest BCUT2D eigenvalue weighted by Crippen LogP contribution is 2.39. The Morgan fingerprint density at radius 2 is 1.90 bits per heavy atom. The summed E-state index contributed by atoms with van der Waals surface area (Å²) in [5.41, 5.74) is 0. The number of aliphatic hydroxyl groups excluding tert-OH is 1. The molecule has 118 valence electrons. The minimum atomic E-state index is -4.29. The van der Waals surface area contributed by atoms with Crippen molar-refractivity contribution in [2.45, 2.75) is 63.3 Å². The molecule has 0 radical (unpaired) electrons. The van der Waals surface area contributed by atoms with Gasteiger partial charge in [0.1, 0.15) is 0 Å². The van der Waals surface area contributed by atoms with E-state index in [1.807, 2.05) is 0 Å². The molecule has 1 heterocycles. The molecule has 1 saturated heterocycles. The molecular formula is C13H22F3NO3. The number of rotatable bonds is 3. The van der Waals surface area contributed by atoms with Crippen LogP contribution in [0.5, 0.6) is 0 Å². The fraction of sp³-hybridized carbons (Fsp3) is 1.00. The second kappa shape index (κ2) is 5.79. The Labute approximate surface area is 116 Å². The van der Waals surface area contributed by atoms with Crippen LogP contribution in [-0.2, 0) is 9.47 Å². The van der Waals surface area contributed by atoms with E-state index >= 15 is 0 Å². The molecule has 1 saturated carbocycles. The van der Waals surface area contributed by atoms with Crippen molar-refractivity contribution in [1.82, 2.24) is 4.90 Å². The van der Waals surface area contributed by atoms with Crippen molar-refractivity contribution in [1.29, 1.82) is 0 Å². The number of hydrogen-bond donors (Lipinski definition) is 1. The summed E-state index contributed by atoms with van der Waals surface area (Å²) >= 11 is 0. The van der Waals surface area contributed by atoms with Crippen LogP contribution in [0.3, 0.4) is 0 Å². The Balaban J connectivity index is 2.12. The highest BCUT2D eigenvalue weighted by Gasteiger charge is 2.48. The standard InChI is InChI=1S/C13H22F3NO3/c1-9(2)17(8-13(14,15)16)10-7-12(4-3-11(10)18)19-5-6-20-12/h9-11,18H,3-8H2,1-2H3. The van der Waals surface area contributed by atoms with E-state index in [-0.39, 0.29) is 12.5 Å². The number of alkyl halides is 3. The third-order valence-corrected chi connectivity index (χ3v) is 4.05. The van der Waals surface area contributed by atoms with Crippen LogP contribution in [0, 0.1) is 0 Å². The minimum Gasteiger partial charge on any atom is -0.391 e. The summed E-state index contributed by atoms with van der Waals surface area (Å²) in [7, 11) is 0. The van der Waals surface area contributed by atoms with Gasteiger partial charge in [0.25, 0.3) is 0 Å². The predicted octanol–water partition coefficient (Wildman–Crippen LogP) is 1.92. The molecule has 2 fully saturated rings. The topological polar surface area (TPSA) is 41.9 Å². The first-order chi connectivity index (χ1) is 9.22. The van der Waals surface area contributed by atoms with Crippen molar-refractivity contribution in [3.8, 4) is 0 Å². The summed E-state index contributed by atoms with van der Waals surface area (Å²) < 4.78 is 49.4. The lowest BCUT2D eigenvalue weighted by Gasteiger charge is -2.45. The molecule has 0 aromatic carbocycles. The van der Waals surface area contributed by atoms with Gasteiger partial charge in [0.15, 0.2) is 5.79 Å². The van der Waals surface area contributed by atoms with Crippen LogP contribution in [0.2, 0.25) is 0 Å². The lowest BCUT2D eigenvalue weighted by atomic mass is 9.86. The Morgan fingerprint density at radius 3 is 2.40 bits per heavy atom. The van der Waals surface area contributed by atoms with E-state index in [0.717, 1.165) is 0 Å². The third kappa shape index (κ3) is 3.63. The largest absolute Gasteiger partial charge is 0.401 e. The normalized spacial score (nSPS) is 30.6. The van der Waals surface area contributed by atoms with E-state index in [1.54, 1.807) is 13.8 Å². The predicted molar refractivity (Wildman–Crippen MR) is 66.2 cm³/mol. The SMILES string of the molecule is CC(C)N(CC(F)(F)F)C1CC2(CCC1O)OCCO2. The quantitative estimate of drug-likeness (QED) is 0.864. The molecule has 20 heavy (non-hydrogen) atoms. The van der Waals surface area contributed by atoms with Gasteiger partial charge < -0.3 is 14.6 Å². The maximum absolute atomic E-state index is 12.7. The molecule has 0 aromatic heterocycles. The van der Waals surface area contributed by atoms with Crippen LogP contribution in [-0.4, -0.2) is 59.9 Å². The summed E-state index contributed by atoms with van der Waals surface area (Å²) in [6.07, 6.45) is -3.86. The molecule has 2 atom stereocenters. The first-order valence-electron chi connectivity index (χ1n) is 7.01. The Kier molecular flexibility index (Phi) is 4.63. The van der Waals surface area contributed by atoms with Crippen LogP contribution in [0.1, 0.15) is 33.1 Å². The van der Waals surface area contributed by atoms with Crippen molar-refractivity contribution in [2.75, 3.05) is 19.8 Å². The molecule has 1 aliphatic carbocycles. The van der Waals surface area contributed by atoms with E-state index in [0.29, 0.717) is 26.1 Å². The van der Waals surface area contributed by atoms with Crippen LogP contribution in [0.25, 0.3) is 0 Å². The minimum absolute atomic E-state index is 0.280. The van der Waals surface area contributed by atoms with Crippen molar-refractivity contribution in [3.63, 3.8) is 0 Å².